The fraction of sp³-hybridized carbons (Fsp3) is 0.0667. The zero-order valence-corrected chi connectivity index (χ0v) is 16.5. The Kier molecular flexibility index (Phi) is 4.72. The highest BCUT2D eigenvalue weighted by molar-refractivity contribution is 7.93. The van der Waals surface area contributed by atoms with Crippen molar-refractivity contribution >= 4 is 61.9 Å². The summed E-state index contributed by atoms with van der Waals surface area (Å²) in [5.41, 5.74) is 1.48. The molecule has 0 bridgehead atoms. The van der Waals surface area contributed by atoms with Crippen LogP contribution in [0.2, 0.25) is 10.0 Å². The zero-order valence-electron chi connectivity index (χ0n) is 13.4. The van der Waals surface area contributed by atoms with E-state index in [4.69, 9.17) is 23.2 Å². The van der Waals surface area contributed by atoms with Crippen molar-refractivity contribution in [1.82, 2.24) is 23.5 Å². The number of nitrogens with one attached hydrogen (secondary N) is 1. The molecule has 0 amide bonds. The predicted octanol–water partition coefficient (Wildman–Crippen LogP) is 3.44. The number of hydrogen-bond acceptors (Lipinski definition) is 7. The second-order valence-electron chi connectivity index (χ2n) is 5.46. The maximum absolute atomic E-state index is 12.7. The Morgan fingerprint density at radius 3 is 2.59 bits per heavy atom. The van der Waals surface area contributed by atoms with E-state index in [1.165, 1.54) is 17.1 Å². The Hall–Kier alpha value is -2.27. The molecule has 27 heavy (non-hydrogen) atoms. The molecule has 8 nitrogen and oxygen atoms in total. The van der Waals surface area contributed by atoms with Gasteiger partial charge in [-0.15, -0.1) is 5.10 Å². The Labute approximate surface area is 168 Å². The highest BCUT2D eigenvalue weighted by Crippen LogP contribution is 2.25. The molecule has 0 unspecified atom stereocenters. The molecule has 0 aliphatic carbocycles. The number of hydrogen-bond donors (Lipinski definition) is 1. The topological polar surface area (TPSA) is 103 Å². The average Bonchev–Trinajstić information content (AvgIpc) is 3.26. The largest absolute Gasteiger partial charge is 0.266 e. The molecule has 0 saturated carbocycles. The van der Waals surface area contributed by atoms with Gasteiger partial charge >= 0.3 is 0 Å². The van der Waals surface area contributed by atoms with Gasteiger partial charge < -0.3 is 0 Å². The molecule has 2 aromatic carbocycles. The first kappa shape index (κ1) is 18.1. The van der Waals surface area contributed by atoms with Crippen LogP contribution >= 0.6 is 34.9 Å². The van der Waals surface area contributed by atoms with Crippen LogP contribution in [0.1, 0.15) is 5.56 Å². The Balaban J connectivity index is 1.60. The van der Waals surface area contributed by atoms with Crippen LogP contribution in [0.15, 0.2) is 47.6 Å². The van der Waals surface area contributed by atoms with Crippen molar-refractivity contribution in [1.29, 1.82) is 0 Å². The summed E-state index contributed by atoms with van der Waals surface area (Å²) in [6.45, 7) is 0.249. The summed E-state index contributed by atoms with van der Waals surface area (Å²) in [6, 6.07) is 9.91. The molecular weight excluding hydrogens is 431 g/mol. The summed E-state index contributed by atoms with van der Waals surface area (Å²) in [7, 11) is -3.92. The molecule has 1 N–H and O–H groups in total. The maximum Gasteiger partial charge on any atom is 0.266 e. The van der Waals surface area contributed by atoms with Gasteiger partial charge in [-0.2, -0.15) is 13.7 Å². The Morgan fingerprint density at radius 2 is 1.81 bits per heavy atom. The van der Waals surface area contributed by atoms with Gasteiger partial charge in [0.05, 0.1) is 18.3 Å². The first-order chi connectivity index (χ1) is 12.9. The van der Waals surface area contributed by atoms with E-state index in [0.717, 1.165) is 11.7 Å². The molecule has 0 fully saturated rings. The molecule has 0 radical (unpaired) electrons. The second-order valence-corrected chi connectivity index (χ2v) is 8.45. The first-order valence-electron chi connectivity index (χ1n) is 7.50. The van der Waals surface area contributed by atoms with Crippen LogP contribution in [0.4, 0.5) is 5.95 Å². The van der Waals surface area contributed by atoms with E-state index in [1.54, 1.807) is 30.3 Å². The van der Waals surface area contributed by atoms with Crippen LogP contribution in [0.3, 0.4) is 0 Å². The number of fused-ring (bicyclic) bond motifs is 1. The lowest BCUT2D eigenvalue weighted by Crippen LogP contribution is -2.15. The lowest BCUT2D eigenvalue weighted by atomic mass is 10.2. The van der Waals surface area contributed by atoms with Gasteiger partial charge in [0, 0.05) is 15.6 Å². The molecule has 0 aliphatic rings. The fourth-order valence-corrected chi connectivity index (χ4v) is 4.67. The number of nitrogens with zero attached hydrogens (tertiary/aromatic N) is 5. The number of benzene rings is 2. The summed E-state index contributed by atoms with van der Waals surface area (Å²) in [5, 5.41) is 5.11. The number of anilines is 1. The highest BCUT2D eigenvalue weighted by atomic mass is 35.5. The van der Waals surface area contributed by atoms with Gasteiger partial charge in [-0.1, -0.05) is 35.3 Å². The Bertz CT molecular complexity index is 1220. The van der Waals surface area contributed by atoms with Gasteiger partial charge in [-0.3, -0.25) is 0 Å². The summed E-state index contributed by atoms with van der Waals surface area (Å²) in [6.07, 6.45) is 1.39. The minimum atomic E-state index is -3.92. The smallest absolute Gasteiger partial charge is 0.246 e. The van der Waals surface area contributed by atoms with Crippen LogP contribution in [-0.2, 0) is 16.6 Å². The number of aromatic nitrogens is 5. The van der Waals surface area contributed by atoms with Crippen molar-refractivity contribution in [3.63, 3.8) is 0 Å². The maximum atomic E-state index is 12.7. The fourth-order valence-electron chi connectivity index (χ4n) is 2.44. The van der Waals surface area contributed by atoms with E-state index in [1.807, 2.05) is 0 Å². The van der Waals surface area contributed by atoms with Crippen molar-refractivity contribution in [3.8, 4) is 0 Å². The van der Waals surface area contributed by atoms with E-state index in [2.05, 4.69) is 23.6 Å². The van der Waals surface area contributed by atoms with Crippen molar-refractivity contribution in [3.05, 3.63) is 58.3 Å². The van der Waals surface area contributed by atoms with Crippen LogP contribution < -0.4 is 4.72 Å². The van der Waals surface area contributed by atoms with Crippen molar-refractivity contribution in [2.75, 3.05) is 4.72 Å². The number of sulfonamides is 1. The zero-order chi connectivity index (χ0) is 19.0. The molecule has 2 aromatic heterocycles. The minimum Gasteiger partial charge on any atom is -0.246 e. The predicted molar refractivity (Wildman–Crippen MR) is 104 cm³/mol. The van der Waals surface area contributed by atoms with Crippen LogP contribution in [-0.4, -0.2) is 31.9 Å². The van der Waals surface area contributed by atoms with Crippen molar-refractivity contribution in [2.24, 2.45) is 0 Å². The standard InChI is InChI=1S/C15H10Cl2N6O2S2/c16-10-3-1-4-11(17)9(10)7-23-8-18-15(19-23)22-27(24,25)13-6-2-5-12-14(13)21-26-20-12/h1-6,8H,7H2,(H,19,22). The lowest BCUT2D eigenvalue weighted by Gasteiger charge is -2.06. The molecule has 4 aromatic rings. The van der Waals surface area contributed by atoms with E-state index in [9.17, 15) is 8.42 Å². The summed E-state index contributed by atoms with van der Waals surface area (Å²) < 4.78 is 37.2. The molecule has 138 valence electrons. The number of halogens is 2. The molecule has 0 spiro atoms. The monoisotopic (exact) mass is 440 g/mol. The normalized spacial score (nSPS) is 11.8. The second kappa shape index (κ2) is 7.04. The molecule has 0 aliphatic heterocycles. The van der Waals surface area contributed by atoms with E-state index >= 15 is 0 Å². The minimum absolute atomic E-state index is 0.0132. The number of rotatable bonds is 5. The summed E-state index contributed by atoms with van der Waals surface area (Å²) in [4.78, 5) is 4.01. The van der Waals surface area contributed by atoms with E-state index < -0.39 is 10.0 Å². The van der Waals surface area contributed by atoms with E-state index in [-0.39, 0.29) is 17.4 Å². The van der Waals surface area contributed by atoms with Gasteiger partial charge in [-0.05, 0) is 24.3 Å². The van der Waals surface area contributed by atoms with Crippen LogP contribution in [0, 0.1) is 0 Å². The van der Waals surface area contributed by atoms with Crippen LogP contribution in [0.25, 0.3) is 11.0 Å². The van der Waals surface area contributed by atoms with Crippen LogP contribution in [0.5, 0.6) is 0 Å². The van der Waals surface area contributed by atoms with Gasteiger partial charge in [0.1, 0.15) is 22.3 Å². The van der Waals surface area contributed by atoms with Crippen molar-refractivity contribution in [2.45, 2.75) is 11.4 Å². The molecule has 0 atom stereocenters. The third kappa shape index (κ3) is 3.61. The molecule has 4 rings (SSSR count). The quantitative estimate of drug-likeness (QED) is 0.509. The third-order valence-corrected chi connectivity index (χ3v) is 6.29. The molecule has 12 heteroatoms. The molecule has 0 saturated heterocycles. The lowest BCUT2D eigenvalue weighted by molar-refractivity contribution is 0.601. The van der Waals surface area contributed by atoms with Gasteiger partial charge in [0.2, 0.25) is 0 Å². The molecular formula is C15H10Cl2N6O2S2. The highest BCUT2D eigenvalue weighted by Gasteiger charge is 2.21. The van der Waals surface area contributed by atoms with Crippen molar-refractivity contribution < 1.29 is 8.42 Å². The van der Waals surface area contributed by atoms with E-state index in [0.29, 0.717) is 26.6 Å². The summed E-state index contributed by atoms with van der Waals surface area (Å²) in [5.74, 6) is -0.0710. The average molecular weight is 441 g/mol. The SMILES string of the molecule is O=S(=O)(Nc1ncn(Cc2c(Cl)cccc2Cl)n1)c1cccc2nsnc12. The van der Waals surface area contributed by atoms with Gasteiger partial charge in [0.15, 0.2) is 0 Å². The first-order valence-corrected chi connectivity index (χ1v) is 10.5. The Morgan fingerprint density at radius 1 is 1.07 bits per heavy atom. The summed E-state index contributed by atoms with van der Waals surface area (Å²) >= 11 is 13.2. The third-order valence-electron chi connectivity index (χ3n) is 3.68. The van der Waals surface area contributed by atoms with Gasteiger partial charge in [0.25, 0.3) is 16.0 Å². The molecule has 2 heterocycles. The van der Waals surface area contributed by atoms with Gasteiger partial charge in [-0.25, -0.2) is 17.8 Å².